The lowest BCUT2D eigenvalue weighted by Gasteiger charge is -2.24. The molecule has 1 aromatic heterocycles. The highest BCUT2D eigenvalue weighted by Gasteiger charge is 2.24. The van der Waals surface area contributed by atoms with Crippen LogP contribution in [0.2, 0.25) is 0 Å². The molecule has 0 unspecified atom stereocenters. The summed E-state index contributed by atoms with van der Waals surface area (Å²) < 4.78 is 1.16. The molecule has 0 radical (unpaired) electrons. The zero-order valence-corrected chi connectivity index (χ0v) is 17.2. The van der Waals surface area contributed by atoms with Gasteiger partial charge in [-0.25, -0.2) is 0 Å². The van der Waals surface area contributed by atoms with Gasteiger partial charge in [0.05, 0.1) is 0 Å². The maximum absolute atomic E-state index is 3.80. The minimum Gasteiger partial charge on any atom is -0.372 e. The van der Waals surface area contributed by atoms with Gasteiger partial charge < -0.3 is 15.2 Å². The number of anilines is 1. The fourth-order valence-electron chi connectivity index (χ4n) is 4.68. The van der Waals surface area contributed by atoms with Gasteiger partial charge in [0.25, 0.3) is 0 Å². The van der Waals surface area contributed by atoms with E-state index in [2.05, 4.69) is 73.6 Å². The average Bonchev–Trinajstić information content (AvgIpc) is 3.35. The Morgan fingerprint density at radius 1 is 1.04 bits per heavy atom. The molecule has 5 rings (SSSR count). The Balaban J connectivity index is 1.31. The van der Waals surface area contributed by atoms with Crippen molar-refractivity contribution < 1.29 is 0 Å². The monoisotopic (exact) mass is 423 g/mol. The van der Waals surface area contributed by atoms with Crippen LogP contribution in [0.4, 0.5) is 5.69 Å². The molecular weight excluding hydrogens is 398 g/mol. The van der Waals surface area contributed by atoms with Crippen LogP contribution in [-0.4, -0.2) is 18.1 Å². The number of H-pyrrole nitrogens is 1. The Morgan fingerprint density at radius 2 is 1.85 bits per heavy atom. The lowest BCUT2D eigenvalue weighted by atomic mass is 9.91. The lowest BCUT2D eigenvalue weighted by molar-refractivity contribution is 0.452. The van der Waals surface area contributed by atoms with Gasteiger partial charge in [0.15, 0.2) is 0 Å². The number of benzene rings is 2. The molecule has 2 heterocycles. The Morgan fingerprint density at radius 3 is 2.67 bits per heavy atom. The first kappa shape index (κ1) is 17.3. The van der Waals surface area contributed by atoms with Crippen molar-refractivity contribution in [3.63, 3.8) is 0 Å². The molecular formula is C23H26BrN3. The van der Waals surface area contributed by atoms with Gasteiger partial charge in [-0.15, -0.1) is 0 Å². The lowest BCUT2D eigenvalue weighted by Crippen LogP contribution is -2.25. The van der Waals surface area contributed by atoms with E-state index < -0.39 is 0 Å². The zero-order chi connectivity index (χ0) is 18.2. The highest BCUT2D eigenvalue weighted by atomic mass is 79.9. The molecule has 3 nitrogen and oxygen atoms in total. The fraction of sp³-hybridized carbons (Fsp3) is 0.391. The number of hydrogen-bond acceptors (Lipinski definition) is 2. The van der Waals surface area contributed by atoms with Crippen molar-refractivity contribution in [2.75, 3.05) is 18.0 Å². The minimum absolute atomic E-state index is 0.415. The van der Waals surface area contributed by atoms with E-state index >= 15 is 0 Å². The number of hydrogen-bond donors (Lipinski definition) is 2. The molecule has 3 aromatic rings. The second-order valence-corrected chi connectivity index (χ2v) is 8.81. The molecule has 2 aromatic carbocycles. The summed E-state index contributed by atoms with van der Waals surface area (Å²) in [6.07, 6.45) is 6.28. The first-order chi connectivity index (χ1) is 13.3. The van der Waals surface area contributed by atoms with Crippen molar-refractivity contribution >= 4 is 32.5 Å². The summed E-state index contributed by atoms with van der Waals surface area (Å²) in [4.78, 5) is 6.18. The molecule has 1 aliphatic heterocycles. The molecule has 1 atom stereocenters. The third-order valence-corrected chi connectivity index (χ3v) is 6.62. The summed E-state index contributed by atoms with van der Waals surface area (Å²) in [7, 11) is 0. The van der Waals surface area contributed by atoms with E-state index in [1.54, 1.807) is 0 Å². The van der Waals surface area contributed by atoms with Gasteiger partial charge in [0.2, 0.25) is 0 Å². The zero-order valence-electron chi connectivity index (χ0n) is 15.6. The normalized spacial score (nSPS) is 19.6. The van der Waals surface area contributed by atoms with Gasteiger partial charge in [-0.2, -0.15) is 0 Å². The number of fused-ring (bicyclic) bond motifs is 3. The Bertz CT molecular complexity index is 938. The van der Waals surface area contributed by atoms with Crippen molar-refractivity contribution in [1.29, 1.82) is 0 Å². The van der Waals surface area contributed by atoms with E-state index in [1.165, 1.54) is 78.6 Å². The second kappa shape index (κ2) is 7.33. The first-order valence-corrected chi connectivity index (χ1v) is 10.9. The maximum atomic E-state index is 3.80. The number of rotatable bonds is 4. The standard InChI is InChI=1S/C23H26BrN3/c24-17-8-11-21-20(14-17)19-4-3-5-22(23(19)26-21)25-15-16-6-9-18(10-7-16)27-12-1-2-13-27/h6-11,14,22,25-26H,1-5,12-13,15H2/t22-/m1/s1. The van der Waals surface area contributed by atoms with E-state index in [4.69, 9.17) is 0 Å². The van der Waals surface area contributed by atoms with Crippen LogP contribution in [0.25, 0.3) is 10.9 Å². The number of halogens is 1. The SMILES string of the molecule is Brc1ccc2[nH]c3c(c2c1)CCC[C@H]3NCc1ccc(N2CCCC2)cc1. The smallest absolute Gasteiger partial charge is 0.0478 e. The van der Waals surface area contributed by atoms with Crippen molar-refractivity contribution in [3.05, 3.63) is 63.8 Å². The number of aromatic amines is 1. The highest BCUT2D eigenvalue weighted by molar-refractivity contribution is 9.10. The molecule has 0 amide bonds. The first-order valence-electron chi connectivity index (χ1n) is 10.2. The summed E-state index contributed by atoms with van der Waals surface area (Å²) in [5, 5.41) is 5.18. The van der Waals surface area contributed by atoms with Crippen LogP contribution < -0.4 is 10.2 Å². The van der Waals surface area contributed by atoms with Gasteiger partial charge in [0.1, 0.15) is 0 Å². The number of aromatic nitrogens is 1. The van der Waals surface area contributed by atoms with Crippen LogP contribution in [-0.2, 0) is 13.0 Å². The van der Waals surface area contributed by atoms with E-state index in [0.29, 0.717) is 6.04 Å². The van der Waals surface area contributed by atoms with Crippen LogP contribution in [0.1, 0.15) is 48.5 Å². The molecule has 140 valence electrons. The van der Waals surface area contributed by atoms with Crippen LogP contribution in [0.5, 0.6) is 0 Å². The molecule has 2 aliphatic rings. The summed E-state index contributed by atoms with van der Waals surface area (Å²) >= 11 is 3.62. The topological polar surface area (TPSA) is 31.1 Å². The maximum Gasteiger partial charge on any atom is 0.0478 e. The van der Waals surface area contributed by atoms with E-state index in [9.17, 15) is 0 Å². The third kappa shape index (κ3) is 3.41. The van der Waals surface area contributed by atoms with Crippen molar-refractivity contribution in [1.82, 2.24) is 10.3 Å². The molecule has 27 heavy (non-hydrogen) atoms. The molecule has 4 heteroatoms. The molecule has 0 spiro atoms. The summed E-state index contributed by atoms with van der Waals surface area (Å²) in [6.45, 7) is 3.33. The summed E-state index contributed by atoms with van der Waals surface area (Å²) in [5.74, 6) is 0. The predicted octanol–water partition coefficient (Wildman–Crippen LogP) is 5.70. The largest absolute Gasteiger partial charge is 0.372 e. The Hall–Kier alpha value is -1.78. The van der Waals surface area contributed by atoms with Crippen molar-refractivity contribution in [2.45, 2.75) is 44.7 Å². The quantitative estimate of drug-likeness (QED) is 0.563. The van der Waals surface area contributed by atoms with Gasteiger partial charge in [-0.3, -0.25) is 0 Å². The van der Waals surface area contributed by atoms with Gasteiger partial charge in [-0.1, -0.05) is 28.1 Å². The minimum atomic E-state index is 0.415. The molecule has 1 aliphatic carbocycles. The second-order valence-electron chi connectivity index (χ2n) is 7.89. The average molecular weight is 424 g/mol. The summed E-state index contributed by atoms with van der Waals surface area (Å²) in [5.41, 5.74) is 6.88. The van der Waals surface area contributed by atoms with Crippen LogP contribution in [0, 0.1) is 0 Å². The molecule has 2 N–H and O–H groups in total. The molecule has 1 fully saturated rings. The Kier molecular flexibility index (Phi) is 4.70. The number of aryl methyl sites for hydroxylation is 1. The van der Waals surface area contributed by atoms with Gasteiger partial charge in [-0.05, 0) is 73.6 Å². The summed E-state index contributed by atoms with van der Waals surface area (Å²) in [6, 6.07) is 16.1. The highest BCUT2D eigenvalue weighted by Crippen LogP contribution is 2.36. The molecule has 0 saturated carbocycles. The number of nitrogens with zero attached hydrogens (tertiary/aromatic N) is 1. The number of nitrogens with one attached hydrogen (secondary N) is 2. The van der Waals surface area contributed by atoms with E-state index in [-0.39, 0.29) is 0 Å². The van der Waals surface area contributed by atoms with E-state index in [0.717, 1.165) is 11.0 Å². The predicted molar refractivity (Wildman–Crippen MR) is 116 cm³/mol. The third-order valence-electron chi connectivity index (χ3n) is 6.13. The van der Waals surface area contributed by atoms with Crippen LogP contribution in [0.15, 0.2) is 46.9 Å². The van der Waals surface area contributed by atoms with Gasteiger partial charge in [0, 0.05) is 52.4 Å². The fourth-order valence-corrected chi connectivity index (χ4v) is 5.04. The van der Waals surface area contributed by atoms with Gasteiger partial charge >= 0.3 is 0 Å². The van der Waals surface area contributed by atoms with Crippen molar-refractivity contribution in [2.24, 2.45) is 0 Å². The van der Waals surface area contributed by atoms with Crippen molar-refractivity contribution in [3.8, 4) is 0 Å². The van der Waals surface area contributed by atoms with Crippen LogP contribution >= 0.6 is 15.9 Å². The van der Waals surface area contributed by atoms with E-state index in [1.807, 2.05) is 0 Å². The molecule has 1 saturated heterocycles. The molecule has 0 bridgehead atoms. The Labute approximate surface area is 169 Å². The van der Waals surface area contributed by atoms with Crippen LogP contribution in [0.3, 0.4) is 0 Å².